The van der Waals surface area contributed by atoms with Crippen LogP contribution < -0.4 is 5.56 Å². The zero-order valence-electron chi connectivity index (χ0n) is 15.0. The molecule has 4 rings (SSSR count). The van der Waals surface area contributed by atoms with Crippen LogP contribution in [0.5, 0.6) is 0 Å². The highest BCUT2D eigenvalue weighted by atomic mass is 19.4. The molecule has 0 bridgehead atoms. The van der Waals surface area contributed by atoms with Crippen molar-refractivity contribution < 1.29 is 17.6 Å². The number of H-pyrrole nitrogens is 1. The number of alkyl halides is 3. The number of nitrogens with zero attached hydrogens (tertiary/aromatic N) is 2. The molecule has 28 heavy (non-hydrogen) atoms. The first-order chi connectivity index (χ1) is 13.3. The number of hydrogen-bond acceptors (Lipinski definition) is 2. The van der Waals surface area contributed by atoms with E-state index >= 15 is 0 Å². The largest absolute Gasteiger partial charge is 0.433 e. The van der Waals surface area contributed by atoms with Gasteiger partial charge in [-0.15, -0.1) is 0 Å². The van der Waals surface area contributed by atoms with Gasteiger partial charge in [-0.1, -0.05) is 44.2 Å². The van der Waals surface area contributed by atoms with Gasteiger partial charge in [0.2, 0.25) is 0 Å². The Morgan fingerprint density at radius 2 is 1.79 bits per heavy atom. The molecule has 0 aliphatic heterocycles. The lowest BCUT2D eigenvalue weighted by Crippen LogP contribution is -2.18. The van der Waals surface area contributed by atoms with Gasteiger partial charge in [-0.2, -0.15) is 13.2 Å². The first-order valence-corrected chi connectivity index (χ1v) is 9.31. The molecular weight excluding hydrogens is 374 g/mol. The topological polar surface area (TPSA) is 50.2 Å². The molecule has 0 unspecified atom stereocenters. The standard InChI is InChI=1S/C20H19F4N3O/c21-14-8-6-13(7-9-14)17-18(20(22,23)24)26-27-16(28)11-15(25-19(17)27)10-12-4-2-1-3-5-12/h6-9,11-12,26H,1-5,10H2. The van der Waals surface area contributed by atoms with Crippen molar-refractivity contribution in [3.8, 4) is 11.1 Å². The molecule has 2 aromatic heterocycles. The maximum absolute atomic E-state index is 13.6. The summed E-state index contributed by atoms with van der Waals surface area (Å²) in [5.74, 6) is -0.168. The van der Waals surface area contributed by atoms with Crippen LogP contribution >= 0.6 is 0 Å². The van der Waals surface area contributed by atoms with Crippen LogP contribution in [0.1, 0.15) is 43.5 Å². The number of aromatic amines is 1. The van der Waals surface area contributed by atoms with E-state index in [0.717, 1.165) is 42.3 Å². The number of benzene rings is 1. The number of hydrogen-bond donors (Lipinski definition) is 1. The van der Waals surface area contributed by atoms with Gasteiger partial charge in [0, 0.05) is 11.8 Å². The van der Waals surface area contributed by atoms with E-state index in [0.29, 0.717) is 18.0 Å². The number of halogens is 4. The van der Waals surface area contributed by atoms with Gasteiger partial charge in [-0.05, 0) is 30.0 Å². The van der Waals surface area contributed by atoms with Gasteiger partial charge in [0.1, 0.15) is 11.5 Å². The zero-order chi connectivity index (χ0) is 19.9. The maximum Gasteiger partial charge on any atom is 0.433 e. The molecule has 0 spiro atoms. The fourth-order valence-corrected chi connectivity index (χ4v) is 3.97. The molecule has 1 aliphatic carbocycles. The van der Waals surface area contributed by atoms with Crippen molar-refractivity contribution in [2.45, 2.75) is 44.7 Å². The van der Waals surface area contributed by atoms with Gasteiger partial charge in [0.05, 0.1) is 5.56 Å². The third-order valence-corrected chi connectivity index (χ3v) is 5.31. The van der Waals surface area contributed by atoms with Crippen molar-refractivity contribution >= 4 is 5.65 Å². The zero-order valence-corrected chi connectivity index (χ0v) is 15.0. The summed E-state index contributed by atoms with van der Waals surface area (Å²) in [5.41, 5.74) is -1.34. The first kappa shape index (κ1) is 18.7. The number of fused-ring (bicyclic) bond motifs is 1. The van der Waals surface area contributed by atoms with Crippen LogP contribution in [0.4, 0.5) is 17.6 Å². The van der Waals surface area contributed by atoms with Crippen LogP contribution in [0.2, 0.25) is 0 Å². The van der Waals surface area contributed by atoms with Gasteiger partial charge in [-0.25, -0.2) is 13.9 Å². The molecule has 2 heterocycles. The Kier molecular flexibility index (Phi) is 4.72. The van der Waals surface area contributed by atoms with E-state index < -0.39 is 23.2 Å². The average molecular weight is 393 g/mol. The second-order valence-electron chi connectivity index (χ2n) is 7.32. The third-order valence-electron chi connectivity index (χ3n) is 5.31. The number of rotatable bonds is 3. The second-order valence-corrected chi connectivity index (χ2v) is 7.32. The monoisotopic (exact) mass is 393 g/mol. The molecule has 1 N–H and O–H groups in total. The summed E-state index contributed by atoms with van der Waals surface area (Å²) in [6.45, 7) is 0. The third kappa shape index (κ3) is 3.55. The van der Waals surface area contributed by atoms with Crippen molar-refractivity contribution in [2.24, 2.45) is 5.92 Å². The maximum atomic E-state index is 13.6. The normalized spacial score (nSPS) is 16.0. The predicted octanol–water partition coefficient (Wildman–Crippen LogP) is 4.97. The Balaban J connectivity index is 1.88. The molecule has 1 fully saturated rings. The van der Waals surface area contributed by atoms with Crippen molar-refractivity contribution in [3.05, 3.63) is 57.9 Å². The molecule has 1 saturated carbocycles. The van der Waals surface area contributed by atoms with Gasteiger partial charge in [-0.3, -0.25) is 9.89 Å². The second kappa shape index (κ2) is 7.07. The minimum absolute atomic E-state index is 0.0859. The van der Waals surface area contributed by atoms with Crippen LogP contribution in [-0.4, -0.2) is 14.6 Å². The van der Waals surface area contributed by atoms with E-state index in [-0.39, 0.29) is 16.8 Å². The van der Waals surface area contributed by atoms with E-state index in [2.05, 4.69) is 10.1 Å². The van der Waals surface area contributed by atoms with Crippen molar-refractivity contribution in [1.82, 2.24) is 14.6 Å². The SMILES string of the molecule is O=c1cc(CC2CCCCC2)nc2c(-c3ccc(F)cc3)c(C(F)(F)F)[nH]n12. The van der Waals surface area contributed by atoms with Crippen LogP contribution in [0.25, 0.3) is 16.8 Å². The predicted molar refractivity (Wildman–Crippen MR) is 96.5 cm³/mol. The summed E-state index contributed by atoms with van der Waals surface area (Å²) in [4.78, 5) is 16.9. The molecule has 8 heteroatoms. The summed E-state index contributed by atoms with van der Waals surface area (Å²) in [5, 5.41) is 2.14. The molecule has 0 amide bonds. The summed E-state index contributed by atoms with van der Waals surface area (Å²) < 4.78 is 54.9. The highest BCUT2D eigenvalue weighted by Crippen LogP contribution is 2.38. The molecule has 0 radical (unpaired) electrons. The highest BCUT2D eigenvalue weighted by Gasteiger charge is 2.38. The fourth-order valence-electron chi connectivity index (χ4n) is 3.97. The molecule has 0 saturated heterocycles. The van der Waals surface area contributed by atoms with Crippen LogP contribution in [0.15, 0.2) is 35.1 Å². The van der Waals surface area contributed by atoms with Gasteiger partial charge >= 0.3 is 6.18 Å². The van der Waals surface area contributed by atoms with Crippen LogP contribution in [0.3, 0.4) is 0 Å². The molecule has 3 aromatic rings. The molecule has 148 valence electrons. The van der Waals surface area contributed by atoms with E-state index in [1.54, 1.807) is 0 Å². The van der Waals surface area contributed by atoms with Gasteiger partial charge in [0.15, 0.2) is 5.65 Å². The van der Waals surface area contributed by atoms with Gasteiger partial charge in [0.25, 0.3) is 5.56 Å². The highest BCUT2D eigenvalue weighted by molar-refractivity contribution is 5.80. The lowest BCUT2D eigenvalue weighted by Gasteiger charge is -2.20. The lowest BCUT2D eigenvalue weighted by atomic mass is 9.86. The van der Waals surface area contributed by atoms with Crippen molar-refractivity contribution in [2.75, 3.05) is 0 Å². The average Bonchev–Trinajstić information content (AvgIpc) is 3.04. The summed E-state index contributed by atoms with van der Waals surface area (Å²) >= 11 is 0. The molecule has 4 nitrogen and oxygen atoms in total. The quantitative estimate of drug-likeness (QED) is 0.639. The molecular formula is C20H19F4N3O. The molecule has 0 atom stereocenters. The first-order valence-electron chi connectivity index (χ1n) is 9.31. The molecule has 1 aliphatic rings. The van der Waals surface area contributed by atoms with Crippen LogP contribution in [-0.2, 0) is 12.6 Å². The van der Waals surface area contributed by atoms with Gasteiger partial charge < -0.3 is 0 Å². The van der Waals surface area contributed by atoms with Crippen molar-refractivity contribution in [3.63, 3.8) is 0 Å². The number of aromatic nitrogens is 3. The fraction of sp³-hybridized carbons (Fsp3) is 0.400. The summed E-state index contributed by atoms with van der Waals surface area (Å²) in [6, 6.07) is 5.99. The van der Waals surface area contributed by atoms with Crippen molar-refractivity contribution in [1.29, 1.82) is 0 Å². The Bertz CT molecular complexity index is 1040. The Morgan fingerprint density at radius 1 is 1.11 bits per heavy atom. The van der Waals surface area contributed by atoms with E-state index in [4.69, 9.17) is 0 Å². The minimum atomic E-state index is -4.71. The smallest absolute Gasteiger partial charge is 0.284 e. The Morgan fingerprint density at radius 3 is 2.43 bits per heavy atom. The van der Waals surface area contributed by atoms with E-state index in [9.17, 15) is 22.4 Å². The van der Waals surface area contributed by atoms with E-state index in [1.807, 2.05) is 0 Å². The lowest BCUT2D eigenvalue weighted by molar-refractivity contribution is -0.140. The molecule has 1 aromatic carbocycles. The summed E-state index contributed by atoms with van der Waals surface area (Å²) in [7, 11) is 0. The minimum Gasteiger partial charge on any atom is -0.284 e. The Labute approximate surface area is 158 Å². The van der Waals surface area contributed by atoms with Crippen LogP contribution in [0, 0.1) is 11.7 Å². The van der Waals surface area contributed by atoms with E-state index in [1.165, 1.54) is 24.6 Å². The summed E-state index contributed by atoms with van der Waals surface area (Å²) in [6.07, 6.45) is 1.35. The number of nitrogens with one attached hydrogen (secondary N) is 1. The Hall–Kier alpha value is -2.64.